The number of oxazole rings is 1. The van der Waals surface area contributed by atoms with Crippen molar-refractivity contribution in [1.82, 2.24) is 4.57 Å². The second-order valence-corrected chi connectivity index (χ2v) is 5.03. The van der Waals surface area contributed by atoms with Gasteiger partial charge in [-0.1, -0.05) is 32.9 Å². The number of carbonyl (C=O) groups is 1. The molecule has 0 aliphatic heterocycles. The largest absolute Gasteiger partial charge is 0.426 e. The average molecular weight is 263 g/mol. The highest BCUT2D eigenvalue weighted by Gasteiger charge is 2.28. The first-order valence-electron chi connectivity index (χ1n) is 6.26. The molecular weight excluding hydrogens is 246 g/mol. The van der Waals surface area contributed by atoms with Gasteiger partial charge >= 0.3 is 5.76 Å². The molecule has 0 unspecified atom stereocenters. The first-order valence-corrected chi connectivity index (χ1v) is 6.26. The first kappa shape index (κ1) is 13.5. The third-order valence-electron chi connectivity index (χ3n) is 3.29. The highest BCUT2D eigenvalue weighted by Crippen LogP contribution is 2.18. The van der Waals surface area contributed by atoms with Gasteiger partial charge in [0.2, 0.25) is 5.91 Å². The second kappa shape index (κ2) is 5.01. The van der Waals surface area contributed by atoms with Gasteiger partial charge in [-0.15, -0.1) is 0 Å². The van der Waals surface area contributed by atoms with Crippen LogP contribution in [-0.4, -0.2) is 21.7 Å². The van der Waals surface area contributed by atoms with Crippen molar-refractivity contribution in [3.05, 3.63) is 34.8 Å². The van der Waals surface area contributed by atoms with E-state index in [1.54, 1.807) is 31.2 Å². The molecule has 0 saturated heterocycles. The molecule has 0 spiro atoms. The summed E-state index contributed by atoms with van der Waals surface area (Å²) in [4.78, 5) is 24.1. The van der Waals surface area contributed by atoms with Crippen molar-refractivity contribution in [3.63, 3.8) is 0 Å². The van der Waals surface area contributed by atoms with Crippen LogP contribution in [0.5, 0.6) is 0 Å². The van der Waals surface area contributed by atoms with E-state index in [9.17, 15) is 14.7 Å². The van der Waals surface area contributed by atoms with E-state index in [2.05, 4.69) is 0 Å². The Balaban J connectivity index is 2.47. The topological polar surface area (TPSA) is 72.4 Å². The van der Waals surface area contributed by atoms with Crippen LogP contribution in [0.4, 0.5) is 0 Å². The predicted octanol–water partition coefficient (Wildman–Crippen LogP) is 1.89. The van der Waals surface area contributed by atoms with Crippen molar-refractivity contribution < 1.29 is 14.3 Å². The van der Waals surface area contributed by atoms with E-state index < -0.39 is 23.7 Å². The summed E-state index contributed by atoms with van der Waals surface area (Å²) in [7, 11) is 0. The fourth-order valence-corrected chi connectivity index (χ4v) is 2.10. The number of benzene rings is 1. The zero-order valence-corrected chi connectivity index (χ0v) is 11.2. The average Bonchev–Trinajstić information content (AvgIpc) is 2.71. The monoisotopic (exact) mass is 263 g/mol. The molecule has 0 radical (unpaired) electrons. The van der Waals surface area contributed by atoms with Gasteiger partial charge in [-0.05, 0) is 18.1 Å². The molecule has 1 aromatic heterocycles. The Morgan fingerprint density at radius 2 is 1.89 bits per heavy atom. The van der Waals surface area contributed by atoms with Crippen LogP contribution in [0.25, 0.3) is 11.1 Å². The van der Waals surface area contributed by atoms with Gasteiger partial charge < -0.3 is 9.52 Å². The van der Waals surface area contributed by atoms with Crippen LogP contribution in [0, 0.1) is 11.8 Å². The van der Waals surface area contributed by atoms with Crippen molar-refractivity contribution in [3.8, 4) is 0 Å². The first-order chi connectivity index (χ1) is 8.93. The second-order valence-electron chi connectivity index (χ2n) is 5.03. The van der Waals surface area contributed by atoms with E-state index in [1.165, 1.54) is 0 Å². The number of aromatic nitrogens is 1. The summed E-state index contributed by atoms with van der Waals surface area (Å²) in [5, 5.41) is 9.96. The molecule has 2 atom stereocenters. The third kappa shape index (κ3) is 2.33. The highest BCUT2D eigenvalue weighted by molar-refractivity contribution is 5.90. The predicted molar refractivity (Wildman–Crippen MR) is 71.1 cm³/mol. The molecule has 5 nitrogen and oxygen atoms in total. The van der Waals surface area contributed by atoms with Gasteiger partial charge in [0.15, 0.2) is 5.58 Å². The number of nitrogens with zero attached hydrogens (tertiary/aromatic N) is 1. The lowest BCUT2D eigenvalue weighted by atomic mass is 9.94. The van der Waals surface area contributed by atoms with Crippen molar-refractivity contribution in [2.45, 2.75) is 26.9 Å². The van der Waals surface area contributed by atoms with E-state index in [1.807, 2.05) is 13.8 Å². The molecule has 5 heteroatoms. The fraction of sp³-hybridized carbons (Fsp3) is 0.429. The van der Waals surface area contributed by atoms with Crippen molar-refractivity contribution in [2.24, 2.45) is 11.8 Å². The minimum absolute atomic E-state index is 0.0622. The summed E-state index contributed by atoms with van der Waals surface area (Å²) in [6.07, 6.45) is -0.798. The summed E-state index contributed by atoms with van der Waals surface area (Å²) in [6, 6.07) is 6.73. The number of aliphatic hydroxyl groups is 1. The minimum Gasteiger partial charge on any atom is -0.407 e. The Bertz CT molecular complexity index is 653. The van der Waals surface area contributed by atoms with Gasteiger partial charge in [0.1, 0.15) is 0 Å². The molecule has 2 rings (SSSR count). The van der Waals surface area contributed by atoms with Crippen molar-refractivity contribution in [2.75, 3.05) is 0 Å². The molecule has 19 heavy (non-hydrogen) atoms. The van der Waals surface area contributed by atoms with Crippen LogP contribution in [0.3, 0.4) is 0 Å². The number of para-hydroxylation sites is 2. The lowest BCUT2D eigenvalue weighted by Crippen LogP contribution is -2.36. The molecule has 0 aliphatic rings. The molecule has 0 fully saturated rings. The van der Waals surface area contributed by atoms with Crippen molar-refractivity contribution >= 4 is 17.0 Å². The summed E-state index contributed by atoms with van der Waals surface area (Å²) in [6.45, 7) is 5.26. The fourth-order valence-electron chi connectivity index (χ4n) is 2.10. The summed E-state index contributed by atoms with van der Waals surface area (Å²) >= 11 is 0. The third-order valence-corrected chi connectivity index (χ3v) is 3.29. The summed E-state index contributed by atoms with van der Waals surface area (Å²) in [5.74, 6) is -1.89. The normalized spacial score (nSPS) is 14.8. The smallest absolute Gasteiger partial charge is 0.407 e. The molecule has 102 valence electrons. The van der Waals surface area contributed by atoms with Gasteiger partial charge in [0.25, 0.3) is 0 Å². The van der Waals surface area contributed by atoms with Crippen LogP contribution in [0.1, 0.15) is 25.6 Å². The number of carbonyl (C=O) groups excluding carboxylic acids is 1. The molecule has 0 amide bonds. The van der Waals surface area contributed by atoms with E-state index >= 15 is 0 Å². The molecule has 1 heterocycles. The van der Waals surface area contributed by atoms with Crippen LogP contribution < -0.4 is 5.76 Å². The zero-order chi connectivity index (χ0) is 14.2. The SMILES string of the molecule is CC(C)[C@@H](O)[C@H](C)C(=O)n1c(=O)oc2ccccc21. The molecule has 0 bridgehead atoms. The maximum Gasteiger partial charge on any atom is 0.426 e. The van der Waals surface area contributed by atoms with E-state index in [4.69, 9.17) is 4.42 Å². The molecule has 0 saturated carbocycles. The molecule has 1 aromatic carbocycles. The van der Waals surface area contributed by atoms with Crippen LogP contribution in [-0.2, 0) is 0 Å². The minimum atomic E-state index is -0.798. The van der Waals surface area contributed by atoms with E-state index in [0.717, 1.165) is 4.57 Å². The quantitative estimate of drug-likeness (QED) is 0.917. The summed E-state index contributed by atoms with van der Waals surface area (Å²) in [5.41, 5.74) is 0.799. The van der Waals surface area contributed by atoms with Crippen LogP contribution >= 0.6 is 0 Å². The Morgan fingerprint density at radius 1 is 1.26 bits per heavy atom. The zero-order valence-electron chi connectivity index (χ0n) is 11.2. The molecule has 2 aromatic rings. The van der Waals surface area contributed by atoms with Gasteiger partial charge in [0, 0.05) is 0 Å². The Morgan fingerprint density at radius 3 is 2.53 bits per heavy atom. The number of hydrogen-bond donors (Lipinski definition) is 1. The van der Waals surface area contributed by atoms with Crippen molar-refractivity contribution in [1.29, 1.82) is 0 Å². The number of rotatable bonds is 3. The Hall–Kier alpha value is -1.88. The maximum atomic E-state index is 12.3. The van der Waals surface area contributed by atoms with E-state index in [-0.39, 0.29) is 5.92 Å². The van der Waals surface area contributed by atoms with Gasteiger partial charge in [-0.25, -0.2) is 9.36 Å². The lowest BCUT2D eigenvalue weighted by Gasteiger charge is -2.20. The standard InChI is InChI=1S/C14H17NO4/c1-8(2)12(16)9(3)13(17)15-10-6-4-5-7-11(10)19-14(15)18/h4-9,12,16H,1-3H3/t9-,12+/m0/s1. The molecule has 1 N–H and O–H groups in total. The number of fused-ring (bicyclic) bond motifs is 1. The number of aliphatic hydroxyl groups excluding tert-OH is 1. The molecule has 0 aliphatic carbocycles. The van der Waals surface area contributed by atoms with Crippen LogP contribution in [0.15, 0.2) is 33.5 Å². The van der Waals surface area contributed by atoms with Gasteiger partial charge in [-0.3, -0.25) is 4.79 Å². The Kier molecular flexibility index (Phi) is 3.57. The van der Waals surface area contributed by atoms with Crippen LogP contribution in [0.2, 0.25) is 0 Å². The lowest BCUT2D eigenvalue weighted by molar-refractivity contribution is 0.0480. The Labute approximate surface area is 110 Å². The van der Waals surface area contributed by atoms with Gasteiger partial charge in [-0.2, -0.15) is 0 Å². The highest BCUT2D eigenvalue weighted by atomic mass is 16.4. The molecular formula is C14H17NO4. The maximum absolute atomic E-state index is 12.3. The number of hydrogen-bond acceptors (Lipinski definition) is 4. The summed E-state index contributed by atoms with van der Waals surface area (Å²) < 4.78 is 6.01. The van der Waals surface area contributed by atoms with Gasteiger partial charge in [0.05, 0.1) is 17.5 Å². The van der Waals surface area contributed by atoms with E-state index in [0.29, 0.717) is 11.1 Å².